The van der Waals surface area contributed by atoms with Crippen molar-refractivity contribution in [3.05, 3.63) is 99.1 Å². The van der Waals surface area contributed by atoms with Crippen LogP contribution in [0.3, 0.4) is 0 Å². The molecule has 0 unspecified atom stereocenters. The van der Waals surface area contributed by atoms with E-state index in [1.165, 1.54) is 19.2 Å². The molecule has 0 aromatic heterocycles. The van der Waals surface area contributed by atoms with Gasteiger partial charge in [0, 0.05) is 11.3 Å². The number of hydrogen-bond donors (Lipinski definition) is 0. The highest BCUT2D eigenvalue weighted by atomic mass is 16.6. The Morgan fingerprint density at radius 3 is 2.15 bits per heavy atom. The fourth-order valence-electron chi connectivity index (χ4n) is 6.73. The Kier molecular flexibility index (Phi) is 4.24. The summed E-state index contributed by atoms with van der Waals surface area (Å²) in [4.78, 5) is 40.5. The largest absolute Gasteiger partial charge is 0.496 e. The lowest BCUT2D eigenvalue weighted by Crippen LogP contribution is -2.53. The molecule has 3 aromatic carbocycles. The second-order valence-corrected chi connectivity index (χ2v) is 9.10. The number of nitro benzene ring substituents is 1. The number of carbonyl (C=O) groups excluding carboxylic acids is 2. The minimum atomic E-state index is -0.671. The van der Waals surface area contributed by atoms with Crippen LogP contribution < -0.4 is 9.64 Å². The Labute approximate surface area is 196 Å². The smallest absolute Gasteiger partial charge is 0.297 e. The normalized spacial score (nSPS) is 26.2. The van der Waals surface area contributed by atoms with Crippen LogP contribution in [0.25, 0.3) is 0 Å². The monoisotopic (exact) mass is 454 g/mol. The highest BCUT2D eigenvalue weighted by Gasteiger charge is 2.67. The van der Waals surface area contributed by atoms with Gasteiger partial charge in [-0.05, 0) is 40.8 Å². The van der Waals surface area contributed by atoms with Gasteiger partial charge < -0.3 is 4.74 Å². The first-order valence-corrected chi connectivity index (χ1v) is 11.3. The highest BCUT2D eigenvalue weighted by molar-refractivity contribution is 6.24. The van der Waals surface area contributed by atoms with Crippen molar-refractivity contribution < 1.29 is 19.2 Å². The van der Waals surface area contributed by atoms with Crippen molar-refractivity contribution in [1.82, 2.24) is 0 Å². The average molecular weight is 454 g/mol. The summed E-state index contributed by atoms with van der Waals surface area (Å²) in [7, 11) is 1.41. The van der Waals surface area contributed by atoms with Crippen LogP contribution in [0, 0.1) is 22.0 Å². The summed E-state index contributed by atoms with van der Waals surface area (Å²) in [5, 5.41) is 11.9. The van der Waals surface area contributed by atoms with E-state index < -0.39 is 22.2 Å². The summed E-state index contributed by atoms with van der Waals surface area (Å²) >= 11 is 0. The second kappa shape index (κ2) is 7.00. The van der Waals surface area contributed by atoms with Crippen LogP contribution >= 0.6 is 0 Å². The van der Waals surface area contributed by atoms with Crippen LogP contribution in [0.5, 0.6) is 5.75 Å². The lowest BCUT2D eigenvalue weighted by Gasteiger charge is -2.54. The van der Waals surface area contributed by atoms with E-state index in [-0.39, 0.29) is 34.9 Å². The number of amides is 2. The van der Waals surface area contributed by atoms with E-state index in [1.54, 1.807) is 6.07 Å². The van der Waals surface area contributed by atoms with Gasteiger partial charge in [-0.3, -0.25) is 19.7 Å². The minimum absolute atomic E-state index is 0.00559. The number of carbonyl (C=O) groups is 2. The van der Waals surface area contributed by atoms with Gasteiger partial charge in [0.2, 0.25) is 11.8 Å². The van der Waals surface area contributed by atoms with E-state index in [0.717, 1.165) is 27.2 Å². The summed E-state index contributed by atoms with van der Waals surface area (Å²) in [5.41, 5.74) is 3.29. The predicted octanol–water partition coefficient (Wildman–Crippen LogP) is 4.56. The molecule has 7 nitrogen and oxygen atoms in total. The summed E-state index contributed by atoms with van der Waals surface area (Å²) < 4.78 is 5.14. The number of benzene rings is 3. The van der Waals surface area contributed by atoms with Gasteiger partial charge in [-0.1, -0.05) is 55.5 Å². The van der Waals surface area contributed by atoms with Crippen molar-refractivity contribution in [3.8, 4) is 5.75 Å². The fraction of sp³-hybridized carbons (Fsp3) is 0.259. The van der Waals surface area contributed by atoms with Crippen LogP contribution in [0.15, 0.2) is 66.7 Å². The number of rotatable bonds is 4. The van der Waals surface area contributed by atoms with Crippen LogP contribution in [-0.2, 0) is 15.0 Å². The molecule has 0 saturated carbocycles. The van der Waals surface area contributed by atoms with Crippen molar-refractivity contribution in [3.63, 3.8) is 0 Å². The number of nitrogens with zero attached hydrogens (tertiary/aromatic N) is 2. The summed E-state index contributed by atoms with van der Waals surface area (Å²) in [6.45, 7) is 2.05. The molecule has 1 saturated heterocycles. The van der Waals surface area contributed by atoms with Gasteiger partial charge >= 0.3 is 0 Å². The third-order valence-electron chi connectivity index (χ3n) is 7.97. The van der Waals surface area contributed by atoms with E-state index in [4.69, 9.17) is 4.74 Å². The molecule has 0 N–H and O–H groups in total. The van der Waals surface area contributed by atoms with Crippen LogP contribution in [0.1, 0.15) is 41.5 Å². The van der Waals surface area contributed by atoms with Gasteiger partial charge in [-0.25, -0.2) is 4.90 Å². The molecule has 2 amide bonds. The predicted molar refractivity (Wildman–Crippen MR) is 125 cm³/mol. The highest BCUT2D eigenvalue weighted by Crippen LogP contribution is 2.65. The summed E-state index contributed by atoms with van der Waals surface area (Å²) in [6.07, 6.45) is 0.631. The molecule has 34 heavy (non-hydrogen) atoms. The van der Waals surface area contributed by atoms with Crippen molar-refractivity contribution in [2.75, 3.05) is 12.0 Å². The molecular formula is C27H22N2O5. The molecule has 7 heteroatoms. The molecule has 3 aromatic rings. The molecule has 2 atom stereocenters. The standard InChI is InChI=1S/C27H22N2O5/c1-3-27-18-10-6-4-8-16(18)22(17-9-5-7-11-19(17)27)23-24(27)26(31)28(25(23)30)20-13-12-15(34-2)14-21(20)29(32)33/h4-14,22-24H,3H2,1-2H3/t22?,23-,24-,27?/m1/s1. The Hall–Kier alpha value is -4.00. The zero-order valence-electron chi connectivity index (χ0n) is 18.7. The van der Waals surface area contributed by atoms with Crippen molar-refractivity contribution in [2.45, 2.75) is 24.7 Å². The number of imide groups is 1. The van der Waals surface area contributed by atoms with Crippen LogP contribution in [-0.4, -0.2) is 23.8 Å². The van der Waals surface area contributed by atoms with Crippen LogP contribution in [0.4, 0.5) is 11.4 Å². The SMILES string of the molecule is CCC12c3ccccc3C(c3ccccc31)[C@H]1C(=O)N(c3ccc(OC)cc3[N+](=O)[O-])C(=O)[C@@H]12. The van der Waals surface area contributed by atoms with Crippen LogP contribution in [0.2, 0.25) is 0 Å². The summed E-state index contributed by atoms with van der Waals surface area (Å²) in [5.74, 6) is -1.98. The first kappa shape index (κ1) is 20.6. The number of hydrogen-bond acceptors (Lipinski definition) is 5. The van der Waals surface area contributed by atoms with Gasteiger partial charge in [0.25, 0.3) is 5.69 Å². The first-order chi connectivity index (χ1) is 16.5. The Morgan fingerprint density at radius 2 is 1.59 bits per heavy atom. The molecule has 170 valence electrons. The van der Waals surface area contributed by atoms with Crippen molar-refractivity contribution in [2.24, 2.45) is 11.8 Å². The summed E-state index contributed by atoms with van der Waals surface area (Å²) in [6, 6.07) is 20.3. The molecule has 3 aliphatic carbocycles. The molecule has 0 radical (unpaired) electrons. The maximum Gasteiger partial charge on any atom is 0.297 e. The topological polar surface area (TPSA) is 89.8 Å². The number of ether oxygens (including phenoxy) is 1. The Bertz CT molecular complexity index is 1350. The van der Waals surface area contributed by atoms with Gasteiger partial charge in [0.1, 0.15) is 11.4 Å². The molecule has 1 heterocycles. The van der Waals surface area contributed by atoms with Gasteiger partial charge in [0.05, 0.1) is 29.9 Å². The Morgan fingerprint density at radius 1 is 0.971 bits per heavy atom. The average Bonchev–Trinajstić information content (AvgIpc) is 3.14. The molecular weight excluding hydrogens is 432 g/mol. The van der Waals surface area contributed by atoms with Crippen molar-refractivity contribution in [1.29, 1.82) is 0 Å². The van der Waals surface area contributed by atoms with E-state index >= 15 is 0 Å². The van der Waals surface area contributed by atoms with E-state index in [2.05, 4.69) is 12.1 Å². The zero-order valence-corrected chi connectivity index (χ0v) is 18.7. The third kappa shape index (κ3) is 2.31. The number of anilines is 1. The van der Waals surface area contributed by atoms with Crippen molar-refractivity contribution >= 4 is 23.2 Å². The third-order valence-corrected chi connectivity index (χ3v) is 7.97. The van der Waals surface area contributed by atoms with E-state index in [0.29, 0.717) is 6.42 Å². The molecule has 4 aliphatic rings. The number of methoxy groups -OCH3 is 1. The lowest BCUT2D eigenvalue weighted by molar-refractivity contribution is -0.384. The van der Waals surface area contributed by atoms with Gasteiger partial charge in [-0.2, -0.15) is 0 Å². The maximum absolute atomic E-state index is 14.1. The lowest BCUT2D eigenvalue weighted by atomic mass is 9.46. The maximum atomic E-state index is 14.1. The second-order valence-electron chi connectivity index (χ2n) is 9.10. The van der Waals surface area contributed by atoms with Gasteiger partial charge in [-0.15, -0.1) is 0 Å². The molecule has 7 rings (SSSR count). The minimum Gasteiger partial charge on any atom is -0.496 e. The molecule has 1 aliphatic heterocycles. The Balaban J connectivity index is 1.61. The fourth-order valence-corrected chi connectivity index (χ4v) is 6.73. The zero-order chi connectivity index (χ0) is 23.8. The first-order valence-electron chi connectivity index (χ1n) is 11.3. The van der Waals surface area contributed by atoms with Gasteiger partial charge in [0.15, 0.2) is 0 Å². The molecule has 1 fully saturated rings. The molecule has 0 spiro atoms. The number of nitro groups is 1. The quantitative estimate of drug-likeness (QED) is 0.327. The van der Waals surface area contributed by atoms with E-state index in [9.17, 15) is 19.7 Å². The van der Waals surface area contributed by atoms with E-state index in [1.807, 2.05) is 43.3 Å². The molecule has 2 bridgehead atoms.